The lowest BCUT2D eigenvalue weighted by molar-refractivity contribution is 0.106. The number of halogens is 1. The number of ether oxygens (including phenoxy) is 2. The Kier molecular flexibility index (Phi) is 8.51. The van der Waals surface area contributed by atoms with E-state index in [9.17, 15) is 0 Å². The van der Waals surface area contributed by atoms with Gasteiger partial charge in [-0.2, -0.15) is 0 Å². The van der Waals surface area contributed by atoms with Crippen molar-refractivity contribution in [2.75, 3.05) is 46.9 Å². The molecule has 2 fully saturated rings. The monoisotopic (exact) mass is 450 g/mol. The molecule has 1 aliphatic carbocycles. The van der Waals surface area contributed by atoms with Crippen molar-refractivity contribution < 1.29 is 9.47 Å². The van der Waals surface area contributed by atoms with Crippen molar-refractivity contribution in [2.45, 2.75) is 51.1 Å². The second-order valence-corrected chi connectivity index (χ2v) is 8.26. The summed E-state index contributed by atoms with van der Waals surface area (Å²) in [6, 6.07) is 6.58. The van der Waals surface area contributed by atoms with Gasteiger partial charge in [-0.25, -0.2) is 4.68 Å². The van der Waals surface area contributed by atoms with E-state index in [4.69, 9.17) is 9.47 Å². The van der Waals surface area contributed by atoms with Gasteiger partial charge in [0.15, 0.2) is 17.3 Å². The molecule has 1 aliphatic heterocycles. The first kappa shape index (κ1) is 23.8. The number of hydrogen-bond acceptors (Lipinski definition) is 7. The van der Waals surface area contributed by atoms with E-state index in [-0.39, 0.29) is 18.4 Å². The lowest BCUT2D eigenvalue weighted by Crippen LogP contribution is -2.48. The Labute approximate surface area is 191 Å². The Morgan fingerprint density at radius 2 is 1.71 bits per heavy atom. The lowest BCUT2D eigenvalue weighted by Gasteiger charge is -2.39. The minimum atomic E-state index is 0. The van der Waals surface area contributed by atoms with Crippen LogP contribution in [-0.2, 0) is 0 Å². The van der Waals surface area contributed by atoms with Gasteiger partial charge < -0.3 is 14.4 Å². The molecule has 8 nitrogen and oxygen atoms in total. The second-order valence-electron chi connectivity index (χ2n) is 8.26. The molecule has 9 heteroatoms. The van der Waals surface area contributed by atoms with Gasteiger partial charge in [0.1, 0.15) is 0 Å². The average Bonchev–Trinajstić information content (AvgIpc) is 3.29. The van der Waals surface area contributed by atoms with Crippen LogP contribution in [0.25, 0.3) is 0 Å². The molecule has 4 rings (SSSR count). The Morgan fingerprint density at radius 1 is 1.00 bits per heavy atom. The molecular weight excluding hydrogens is 416 g/mol. The maximum atomic E-state index is 5.60. The first-order valence-electron chi connectivity index (χ1n) is 11.2. The highest BCUT2D eigenvalue weighted by molar-refractivity contribution is 5.85. The van der Waals surface area contributed by atoms with E-state index < -0.39 is 0 Å². The molecule has 2 heterocycles. The van der Waals surface area contributed by atoms with E-state index in [1.807, 2.05) is 6.07 Å². The third-order valence-electron chi connectivity index (χ3n) is 6.63. The van der Waals surface area contributed by atoms with Crippen LogP contribution in [0.4, 0.5) is 0 Å². The summed E-state index contributed by atoms with van der Waals surface area (Å²) in [5, 5.41) is 13.1. The van der Waals surface area contributed by atoms with Crippen LogP contribution in [-0.4, -0.2) is 77.0 Å². The fourth-order valence-electron chi connectivity index (χ4n) is 4.85. The summed E-state index contributed by atoms with van der Waals surface area (Å²) in [5.74, 6) is 2.42. The van der Waals surface area contributed by atoms with Crippen LogP contribution < -0.4 is 9.47 Å². The van der Waals surface area contributed by atoms with Gasteiger partial charge in [0, 0.05) is 26.2 Å². The SMILES string of the molecule is CCN1CCN(C(c2ccc(OC)c(OC)c2)c2nnnn2C2CCCCC2)CC1.Cl. The molecule has 0 bridgehead atoms. The van der Waals surface area contributed by atoms with Crippen LogP contribution in [0.5, 0.6) is 11.5 Å². The molecule has 2 aliphatic rings. The van der Waals surface area contributed by atoms with Crippen LogP contribution in [0.15, 0.2) is 18.2 Å². The van der Waals surface area contributed by atoms with Gasteiger partial charge in [-0.05, 0) is 47.5 Å². The number of benzene rings is 1. The topological polar surface area (TPSA) is 68.5 Å². The summed E-state index contributed by atoms with van der Waals surface area (Å²) >= 11 is 0. The number of likely N-dealkylation sites (N-methyl/N-ethyl adjacent to an activating group) is 1. The van der Waals surface area contributed by atoms with Crippen molar-refractivity contribution in [3.05, 3.63) is 29.6 Å². The highest BCUT2D eigenvalue weighted by atomic mass is 35.5. The van der Waals surface area contributed by atoms with Crippen molar-refractivity contribution in [1.29, 1.82) is 0 Å². The second kappa shape index (κ2) is 11.1. The predicted molar refractivity (Wildman–Crippen MR) is 122 cm³/mol. The Morgan fingerprint density at radius 3 is 2.35 bits per heavy atom. The number of methoxy groups -OCH3 is 2. The maximum Gasteiger partial charge on any atom is 0.173 e. The largest absolute Gasteiger partial charge is 0.493 e. The van der Waals surface area contributed by atoms with Gasteiger partial charge in [0.25, 0.3) is 0 Å². The van der Waals surface area contributed by atoms with E-state index in [1.165, 1.54) is 19.3 Å². The molecule has 0 amide bonds. The molecule has 172 valence electrons. The standard InChI is InChI=1S/C22H34N6O2.ClH/c1-4-26-12-14-27(15-13-26)21(17-10-11-19(29-2)20(16-17)30-3)22-23-24-25-28(22)18-8-6-5-7-9-18;/h10-11,16,18,21H,4-9,12-15H2,1-3H3;1H. The number of rotatable bonds is 7. The number of hydrogen-bond donors (Lipinski definition) is 0. The Balaban J connectivity index is 0.00000272. The summed E-state index contributed by atoms with van der Waals surface area (Å²) in [4.78, 5) is 5.00. The van der Waals surface area contributed by atoms with Gasteiger partial charge in [-0.1, -0.05) is 32.3 Å². The van der Waals surface area contributed by atoms with Gasteiger partial charge in [-0.15, -0.1) is 17.5 Å². The molecule has 1 aromatic heterocycles. The summed E-state index contributed by atoms with van der Waals surface area (Å²) in [6.45, 7) is 7.42. The fraction of sp³-hybridized carbons (Fsp3) is 0.682. The number of nitrogens with zero attached hydrogens (tertiary/aromatic N) is 6. The van der Waals surface area contributed by atoms with Crippen molar-refractivity contribution in [1.82, 2.24) is 30.0 Å². The number of tetrazole rings is 1. The molecule has 2 aromatic rings. The molecule has 31 heavy (non-hydrogen) atoms. The van der Waals surface area contributed by atoms with E-state index in [1.54, 1.807) is 14.2 Å². The quantitative estimate of drug-likeness (QED) is 0.640. The van der Waals surface area contributed by atoms with Crippen LogP contribution in [0.3, 0.4) is 0 Å². The van der Waals surface area contributed by atoms with Crippen LogP contribution in [0.2, 0.25) is 0 Å². The highest BCUT2D eigenvalue weighted by Gasteiger charge is 2.33. The number of aromatic nitrogens is 4. The molecule has 0 N–H and O–H groups in total. The third-order valence-corrected chi connectivity index (χ3v) is 6.63. The van der Waals surface area contributed by atoms with Gasteiger partial charge >= 0.3 is 0 Å². The Bertz CT molecular complexity index is 818. The maximum absolute atomic E-state index is 5.60. The summed E-state index contributed by atoms with van der Waals surface area (Å²) < 4.78 is 13.2. The normalized spacial score (nSPS) is 19.6. The zero-order chi connectivity index (χ0) is 20.9. The van der Waals surface area contributed by atoms with Crippen LogP contribution >= 0.6 is 12.4 Å². The van der Waals surface area contributed by atoms with Crippen molar-refractivity contribution in [3.8, 4) is 11.5 Å². The molecule has 1 atom stereocenters. The molecule has 1 saturated heterocycles. The molecule has 1 aromatic carbocycles. The van der Waals surface area contributed by atoms with Gasteiger partial charge in [0.05, 0.1) is 26.3 Å². The van der Waals surface area contributed by atoms with Gasteiger partial charge in [0.2, 0.25) is 0 Å². The summed E-state index contributed by atoms with van der Waals surface area (Å²) in [7, 11) is 3.35. The minimum absolute atomic E-state index is 0. The zero-order valence-corrected chi connectivity index (χ0v) is 19.7. The lowest BCUT2D eigenvalue weighted by atomic mass is 9.95. The predicted octanol–water partition coefficient (Wildman–Crippen LogP) is 3.34. The molecule has 1 saturated carbocycles. The summed E-state index contributed by atoms with van der Waals surface area (Å²) in [5.41, 5.74) is 1.14. The minimum Gasteiger partial charge on any atom is -0.493 e. The molecule has 0 radical (unpaired) electrons. The molecule has 0 spiro atoms. The van der Waals surface area contributed by atoms with E-state index in [0.29, 0.717) is 6.04 Å². The van der Waals surface area contributed by atoms with E-state index in [0.717, 1.165) is 68.5 Å². The van der Waals surface area contributed by atoms with Crippen molar-refractivity contribution in [3.63, 3.8) is 0 Å². The third kappa shape index (κ3) is 5.13. The average molecular weight is 451 g/mol. The Hall–Kier alpha value is -1.90. The van der Waals surface area contributed by atoms with E-state index in [2.05, 4.69) is 49.1 Å². The molecule has 1 unspecified atom stereocenters. The van der Waals surface area contributed by atoms with Crippen LogP contribution in [0.1, 0.15) is 62.5 Å². The van der Waals surface area contributed by atoms with Gasteiger partial charge in [-0.3, -0.25) is 4.90 Å². The van der Waals surface area contributed by atoms with E-state index >= 15 is 0 Å². The zero-order valence-electron chi connectivity index (χ0n) is 18.9. The van der Waals surface area contributed by atoms with Crippen LogP contribution in [0, 0.1) is 0 Å². The summed E-state index contributed by atoms with van der Waals surface area (Å²) in [6.07, 6.45) is 6.12. The fourth-order valence-corrected chi connectivity index (χ4v) is 4.85. The highest BCUT2D eigenvalue weighted by Crippen LogP contribution is 2.37. The first-order valence-corrected chi connectivity index (χ1v) is 11.2. The van der Waals surface area contributed by atoms with Crippen molar-refractivity contribution in [2.24, 2.45) is 0 Å². The number of piperazine rings is 1. The molecular formula is C22H35ClN6O2. The first-order chi connectivity index (χ1) is 14.7. The van der Waals surface area contributed by atoms with Crippen molar-refractivity contribution >= 4 is 12.4 Å². The smallest absolute Gasteiger partial charge is 0.173 e.